The third-order valence-electron chi connectivity index (χ3n) is 2.88. The van der Waals surface area contributed by atoms with Crippen LogP contribution in [-0.2, 0) is 9.59 Å². The molecule has 0 aromatic carbocycles. The molecule has 72 valence electrons. The maximum Gasteiger partial charge on any atom is 0.316 e. The van der Waals surface area contributed by atoms with Crippen molar-refractivity contribution in [1.29, 1.82) is 0 Å². The predicted molar refractivity (Wildman–Crippen MR) is 48.3 cm³/mol. The molecule has 2 unspecified atom stereocenters. The van der Waals surface area contributed by atoms with Crippen molar-refractivity contribution in [1.82, 2.24) is 0 Å². The molecule has 1 aliphatic carbocycles. The molecule has 0 saturated heterocycles. The fourth-order valence-corrected chi connectivity index (χ4v) is 1.61. The Bertz CT molecular complexity index is 257. The molecule has 0 aliphatic heterocycles. The van der Waals surface area contributed by atoms with E-state index in [1.807, 2.05) is 0 Å². The molecule has 1 saturated carbocycles. The van der Waals surface area contributed by atoms with Gasteiger partial charge in [0.15, 0.2) is 0 Å². The Balaban J connectivity index is 2.79. The minimum absolute atomic E-state index is 0.167. The standard InChI is InChI=1S/C10H14O3/c1-3-7-4-5-10(2,9(12)13)8(11)6-7/h3,7H,1,4-6H2,2H3,(H,12,13). The zero-order valence-electron chi connectivity index (χ0n) is 7.75. The molecule has 0 amide bonds. The van der Waals surface area contributed by atoms with Crippen LogP contribution >= 0.6 is 0 Å². The Morgan fingerprint density at radius 3 is 2.77 bits per heavy atom. The van der Waals surface area contributed by atoms with Crippen molar-refractivity contribution in [3.05, 3.63) is 12.7 Å². The summed E-state index contributed by atoms with van der Waals surface area (Å²) in [6.07, 6.45) is 3.24. The van der Waals surface area contributed by atoms with Crippen molar-refractivity contribution in [2.24, 2.45) is 11.3 Å². The van der Waals surface area contributed by atoms with Crippen molar-refractivity contribution in [2.45, 2.75) is 26.2 Å². The lowest BCUT2D eigenvalue weighted by Crippen LogP contribution is -2.40. The van der Waals surface area contributed by atoms with Crippen LogP contribution in [0.5, 0.6) is 0 Å². The molecular formula is C10H14O3. The second-order valence-electron chi connectivity index (χ2n) is 3.80. The Kier molecular flexibility index (Phi) is 2.55. The van der Waals surface area contributed by atoms with E-state index in [1.165, 1.54) is 6.92 Å². The van der Waals surface area contributed by atoms with Crippen molar-refractivity contribution in [2.75, 3.05) is 0 Å². The summed E-state index contributed by atoms with van der Waals surface area (Å²) in [6.45, 7) is 5.12. The highest BCUT2D eigenvalue weighted by Gasteiger charge is 2.44. The quantitative estimate of drug-likeness (QED) is 0.521. The lowest BCUT2D eigenvalue weighted by atomic mass is 9.71. The SMILES string of the molecule is C=CC1CCC(C)(C(=O)O)C(=O)C1. The Morgan fingerprint density at radius 1 is 1.77 bits per heavy atom. The molecule has 0 bridgehead atoms. The Morgan fingerprint density at radius 2 is 2.38 bits per heavy atom. The molecule has 1 N–H and O–H groups in total. The number of carbonyl (C=O) groups excluding carboxylic acids is 1. The molecule has 0 aromatic heterocycles. The van der Waals surface area contributed by atoms with Gasteiger partial charge in [-0.05, 0) is 25.7 Å². The number of carbonyl (C=O) groups is 2. The molecule has 1 aliphatic rings. The molecular weight excluding hydrogens is 168 g/mol. The van der Waals surface area contributed by atoms with Gasteiger partial charge in [-0.1, -0.05) is 6.08 Å². The number of allylic oxidation sites excluding steroid dienone is 1. The van der Waals surface area contributed by atoms with E-state index < -0.39 is 11.4 Å². The fourth-order valence-electron chi connectivity index (χ4n) is 1.61. The molecule has 2 atom stereocenters. The minimum Gasteiger partial charge on any atom is -0.481 e. The van der Waals surface area contributed by atoms with Gasteiger partial charge in [0.1, 0.15) is 11.2 Å². The fraction of sp³-hybridized carbons (Fsp3) is 0.600. The summed E-state index contributed by atoms with van der Waals surface area (Å²) in [4.78, 5) is 22.3. The van der Waals surface area contributed by atoms with Gasteiger partial charge in [0.25, 0.3) is 0 Å². The van der Waals surface area contributed by atoms with Gasteiger partial charge in [-0.3, -0.25) is 9.59 Å². The van der Waals surface area contributed by atoms with Gasteiger partial charge in [0, 0.05) is 6.42 Å². The zero-order chi connectivity index (χ0) is 10.1. The van der Waals surface area contributed by atoms with Crippen molar-refractivity contribution in [3.63, 3.8) is 0 Å². The van der Waals surface area contributed by atoms with Crippen LogP contribution in [0.1, 0.15) is 26.2 Å². The lowest BCUT2D eigenvalue weighted by Gasteiger charge is -2.30. The van der Waals surface area contributed by atoms with Crippen LogP contribution in [-0.4, -0.2) is 16.9 Å². The number of aliphatic carboxylic acids is 1. The number of rotatable bonds is 2. The average Bonchev–Trinajstić information content (AvgIpc) is 2.09. The van der Waals surface area contributed by atoms with Crippen LogP contribution in [0.25, 0.3) is 0 Å². The van der Waals surface area contributed by atoms with E-state index >= 15 is 0 Å². The summed E-state index contributed by atoms with van der Waals surface area (Å²) in [7, 11) is 0. The predicted octanol–water partition coefficient (Wildman–Crippen LogP) is 1.63. The molecule has 0 heterocycles. The van der Waals surface area contributed by atoms with Gasteiger partial charge in [-0.2, -0.15) is 0 Å². The third kappa shape index (κ3) is 1.64. The molecule has 0 spiro atoms. The zero-order valence-corrected chi connectivity index (χ0v) is 7.75. The van der Waals surface area contributed by atoms with E-state index in [9.17, 15) is 9.59 Å². The largest absolute Gasteiger partial charge is 0.481 e. The highest BCUT2D eigenvalue weighted by Crippen LogP contribution is 2.36. The maximum absolute atomic E-state index is 11.5. The van der Waals surface area contributed by atoms with Crippen molar-refractivity contribution >= 4 is 11.8 Å². The van der Waals surface area contributed by atoms with Gasteiger partial charge < -0.3 is 5.11 Å². The first-order chi connectivity index (χ1) is 6.00. The number of carboxylic acid groups (broad SMARTS) is 1. The van der Waals surface area contributed by atoms with Crippen LogP contribution in [0, 0.1) is 11.3 Å². The molecule has 3 heteroatoms. The van der Waals surface area contributed by atoms with Gasteiger partial charge in [0.05, 0.1) is 0 Å². The molecule has 0 radical (unpaired) electrons. The molecule has 13 heavy (non-hydrogen) atoms. The minimum atomic E-state index is -1.15. The summed E-state index contributed by atoms with van der Waals surface area (Å²) in [5, 5.41) is 8.88. The van der Waals surface area contributed by atoms with Crippen LogP contribution in [0.15, 0.2) is 12.7 Å². The van der Waals surface area contributed by atoms with Crippen LogP contribution < -0.4 is 0 Å². The first-order valence-electron chi connectivity index (χ1n) is 4.40. The summed E-state index contributed by atoms with van der Waals surface area (Å²) in [5.74, 6) is -1.00. The van der Waals surface area contributed by atoms with Crippen LogP contribution in [0.3, 0.4) is 0 Å². The molecule has 0 aromatic rings. The van der Waals surface area contributed by atoms with Crippen LogP contribution in [0.4, 0.5) is 0 Å². The summed E-state index contributed by atoms with van der Waals surface area (Å²) >= 11 is 0. The first-order valence-corrected chi connectivity index (χ1v) is 4.40. The second kappa shape index (κ2) is 3.32. The molecule has 1 rings (SSSR count). The maximum atomic E-state index is 11.5. The van der Waals surface area contributed by atoms with E-state index in [1.54, 1.807) is 6.08 Å². The topological polar surface area (TPSA) is 54.4 Å². The van der Waals surface area contributed by atoms with Crippen LogP contribution in [0.2, 0.25) is 0 Å². The van der Waals surface area contributed by atoms with E-state index in [2.05, 4.69) is 6.58 Å². The summed E-state index contributed by atoms with van der Waals surface area (Å²) < 4.78 is 0. The molecule has 3 nitrogen and oxygen atoms in total. The average molecular weight is 182 g/mol. The van der Waals surface area contributed by atoms with Crippen molar-refractivity contribution in [3.8, 4) is 0 Å². The van der Waals surface area contributed by atoms with E-state index in [-0.39, 0.29) is 11.7 Å². The smallest absolute Gasteiger partial charge is 0.316 e. The summed E-state index contributed by atoms with van der Waals surface area (Å²) in [5.41, 5.74) is -1.15. The third-order valence-corrected chi connectivity index (χ3v) is 2.88. The van der Waals surface area contributed by atoms with E-state index in [0.29, 0.717) is 12.8 Å². The lowest BCUT2D eigenvalue weighted by molar-refractivity contribution is -0.156. The Hall–Kier alpha value is -1.12. The van der Waals surface area contributed by atoms with Gasteiger partial charge in [-0.25, -0.2) is 0 Å². The first kappa shape index (κ1) is 9.96. The number of Topliss-reactive ketones (excluding diaryl/α,β-unsaturated/α-hetero) is 1. The second-order valence-corrected chi connectivity index (χ2v) is 3.80. The van der Waals surface area contributed by atoms with Gasteiger partial charge in [-0.15, -0.1) is 6.58 Å². The monoisotopic (exact) mass is 182 g/mol. The number of hydrogen-bond donors (Lipinski definition) is 1. The highest BCUT2D eigenvalue weighted by atomic mass is 16.4. The van der Waals surface area contributed by atoms with E-state index in [0.717, 1.165) is 6.42 Å². The Labute approximate surface area is 77.4 Å². The number of hydrogen-bond acceptors (Lipinski definition) is 2. The number of ketones is 1. The van der Waals surface area contributed by atoms with Crippen molar-refractivity contribution < 1.29 is 14.7 Å². The normalized spacial score (nSPS) is 34.2. The highest BCUT2D eigenvalue weighted by molar-refractivity contribution is 6.03. The van der Waals surface area contributed by atoms with E-state index in [4.69, 9.17) is 5.11 Å². The van der Waals surface area contributed by atoms with Gasteiger partial charge >= 0.3 is 5.97 Å². The van der Waals surface area contributed by atoms with Gasteiger partial charge in [0.2, 0.25) is 0 Å². The number of carboxylic acids is 1. The summed E-state index contributed by atoms with van der Waals surface area (Å²) in [6, 6.07) is 0. The molecule has 1 fully saturated rings.